The molecule has 0 bridgehead atoms. The SMILES string of the molecule is CCC(CCO)CNS(=O)(=O)c1cc(N)c(C)c(Cl)c1. The molecule has 1 rings (SSSR count). The summed E-state index contributed by atoms with van der Waals surface area (Å²) in [6.45, 7) is 4.01. The third kappa shape index (κ3) is 4.34. The summed E-state index contributed by atoms with van der Waals surface area (Å²) in [6, 6.07) is 2.79. The fraction of sp³-hybridized carbons (Fsp3) is 0.538. The van der Waals surface area contributed by atoms with Gasteiger partial charge in [-0.3, -0.25) is 0 Å². The van der Waals surface area contributed by atoms with Crippen LogP contribution in [0.25, 0.3) is 0 Å². The minimum atomic E-state index is -3.64. The van der Waals surface area contributed by atoms with Gasteiger partial charge in [-0.2, -0.15) is 0 Å². The van der Waals surface area contributed by atoms with Gasteiger partial charge < -0.3 is 10.8 Å². The molecule has 0 saturated carbocycles. The molecule has 0 heterocycles. The number of sulfonamides is 1. The summed E-state index contributed by atoms with van der Waals surface area (Å²) in [7, 11) is -3.64. The number of nitrogen functional groups attached to an aromatic ring is 1. The Morgan fingerprint density at radius 2 is 2.10 bits per heavy atom. The second kappa shape index (κ2) is 7.26. The third-order valence-corrected chi connectivity index (χ3v) is 5.14. The Bertz CT molecular complexity index is 538. The molecule has 0 spiro atoms. The molecule has 1 unspecified atom stereocenters. The van der Waals surface area contributed by atoms with Crippen LogP contribution in [0.1, 0.15) is 25.3 Å². The molecule has 4 N–H and O–H groups in total. The van der Waals surface area contributed by atoms with Crippen LogP contribution in [-0.2, 0) is 10.0 Å². The van der Waals surface area contributed by atoms with Gasteiger partial charge in [-0.25, -0.2) is 13.1 Å². The molecule has 114 valence electrons. The van der Waals surface area contributed by atoms with Gasteiger partial charge in [0, 0.05) is 23.9 Å². The van der Waals surface area contributed by atoms with E-state index in [1.54, 1.807) is 6.92 Å². The molecule has 7 heteroatoms. The van der Waals surface area contributed by atoms with Crippen LogP contribution in [0, 0.1) is 12.8 Å². The van der Waals surface area contributed by atoms with Gasteiger partial charge in [0.1, 0.15) is 0 Å². The normalized spacial score (nSPS) is 13.4. The zero-order valence-corrected chi connectivity index (χ0v) is 13.3. The van der Waals surface area contributed by atoms with E-state index in [1.807, 2.05) is 6.92 Å². The topological polar surface area (TPSA) is 92.4 Å². The van der Waals surface area contributed by atoms with Gasteiger partial charge in [-0.1, -0.05) is 24.9 Å². The van der Waals surface area contributed by atoms with Crippen LogP contribution in [0.4, 0.5) is 5.69 Å². The quantitative estimate of drug-likeness (QED) is 0.669. The lowest BCUT2D eigenvalue weighted by Crippen LogP contribution is -2.29. The Labute approximate surface area is 125 Å². The van der Waals surface area contributed by atoms with Crippen molar-refractivity contribution in [2.75, 3.05) is 18.9 Å². The van der Waals surface area contributed by atoms with Crippen molar-refractivity contribution in [1.82, 2.24) is 4.72 Å². The average molecular weight is 321 g/mol. The first-order chi connectivity index (χ1) is 9.31. The fourth-order valence-corrected chi connectivity index (χ4v) is 3.24. The van der Waals surface area contributed by atoms with Crippen molar-refractivity contribution in [2.24, 2.45) is 5.92 Å². The van der Waals surface area contributed by atoms with E-state index < -0.39 is 10.0 Å². The number of hydrogen-bond donors (Lipinski definition) is 3. The van der Waals surface area contributed by atoms with E-state index in [1.165, 1.54) is 12.1 Å². The zero-order valence-electron chi connectivity index (χ0n) is 11.7. The molecule has 0 aliphatic heterocycles. The third-order valence-electron chi connectivity index (χ3n) is 3.35. The molecule has 0 saturated heterocycles. The van der Waals surface area contributed by atoms with Crippen LogP contribution in [0.2, 0.25) is 5.02 Å². The monoisotopic (exact) mass is 320 g/mol. The highest BCUT2D eigenvalue weighted by molar-refractivity contribution is 7.89. The van der Waals surface area contributed by atoms with Gasteiger partial charge in [0.2, 0.25) is 10.0 Å². The zero-order chi connectivity index (χ0) is 15.3. The minimum absolute atomic E-state index is 0.0452. The molecule has 1 atom stereocenters. The molecule has 0 aliphatic rings. The van der Waals surface area contributed by atoms with E-state index in [4.69, 9.17) is 22.4 Å². The highest BCUT2D eigenvalue weighted by Crippen LogP contribution is 2.25. The number of nitrogens with one attached hydrogen (secondary N) is 1. The van der Waals surface area contributed by atoms with E-state index in [0.29, 0.717) is 22.7 Å². The van der Waals surface area contributed by atoms with Gasteiger partial charge in [0.25, 0.3) is 0 Å². The number of hydrogen-bond acceptors (Lipinski definition) is 4. The molecule has 0 amide bonds. The van der Waals surface area contributed by atoms with Crippen molar-refractivity contribution in [1.29, 1.82) is 0 Å². The molecular formula is C13H21ClN2O3S. The lowest BCUT2D eigenvalue weighted by Gasteiger charge is -2.15. The first-order valence-electron chi connectivity index (χ1n) is 6.48. The maximum Gasteiger partial charge on any atom is 0.240 e. The number of benzene rings is 1. The van der Waals surface area contributed by atoms with E-state index >= 15 is 0 Å². The molecule has 0 fully saturated rings. The van der Waals surface area contributed by atoms with Crippen molar-refractivity contribution in [3.63, 3.8) is 0 Å². The van der Waals surface area contributed by atoms with Crippen molar-refractivity contribution < 1.29 is 13.5 Å². The van der Waals surface area contributed by atoms with Gasteiger partial charge in [0.05, 0.1) is 4.90 Å². The van der Waals surface area contributed by atoms with Crippen molar-refractivity contribution in [3.05, 3.63) is 22.7 Å². The summed E-state index contributed by atoms with van der Waals surface area (Å²) in [5.41, 5.74) is 6.75. The maximum absolute atomic E-state index is 12.2. The number of anilines is 1. The lowest BCUT2D eigenvalue weighted by molar-refractivity contribution is 0.254. The van der Waals surface area contributed by atoms with Crippen molar-refractivity contribution in [3.8, 4) is 0 Å². The number of rotatable bonds is 7. The van der Waals surface area contributed by atoms with Crippen LogP contribution < -0.4 is 10.5 Å². The molecule has 5 nitrogen and oxygen atoms in total. The van der Waals surface area contributed by atoms with Gasteiger partial charge in [-0.15, -0.1) is 0 Å². The van der Waals surface area contributed by atoms with E-state index in [-0.39, 0.29) is 24.0 Å². The number of aliphatic hydroxyl groups excluding tert-OH is 1. The summed E-state index contributed by atoms with van der Waals surface area (Å²) >= 11 is 5.96. The van der Waals surface area contributed by atoms with Crippen LogP contribution in [0.3, 0.4) is 0 Å². The number of halogens is 1. The largest absolute Gasteiger partial charge is 0.398 e. The van der Waals surface area contributed by atoms with Crippen molar-refractivity contribution in [2.45, 2.75) is 31.6 Å². The standard InChI is InChI=1S/C13H21ClN2O3S/c1-3-10(4-5-17)8-16-20(18,19)11-6-12(14)9(2)13(15)7-11/h6-7,10,16-17H,3-5,8,15H2,1-2H3. The van der Waals surface area contributed by atoms with Crippen LogP contribution in [0.5, 0.6) is 0 Å². The van der Waals surface area contributed by atoms with Crippen LogP contribution >= 0.6 is 11.6 Å². The molecular weight excluding hydrogens is 300 g/mol. The first-order valence-corrected chi connectivity index (χ1v) is 8.34. The summed E-state index contributed by atoms with van der Waals surface area (Å²) in [5.74, 6) is 0.105. The summed E-state index contributed by atoms with van der Waals surface area (Å²) < 4.78 is 26.9. The van der Waals surface area contributed by atoms with Crippen molar-refractivity contribution >= 4 is 27.3 Å². The van der Waals surface area contributed by atoms with Crippen LogP contribution in [-0.4, -0.2) is 26.7 Å². The Hall–Kier alpha value is -0.820. The van der Waals surface area contributed by atoms with Gasteiger partial charge in [-0.05, 0) is 37.0 Å². The molecule has 20 heavy (non-hydrogen) atoms. The minimum Gasteiger partial charge on any atom is -0.398 e. The number of nitrogens with two attached hydrogens (primary N) is 1. The first kappa shape index (κ1) is 17.2. The van der Waals surface area contributed by atoms with Gasteiger partial charge in [0.15, 0.2) is 0 Å². The Balaban J connectivity index is 2.89. The second-order valence-electron chi connectivity index (χ2n) is 4.76. The van der Waals surface area contributed by atoms with E-state index in [9.17, 15) is 8.42 Å². The number of aliphatic hydroxyl groups is 1. The molecule has 1 aromatic rings. The summed E-state index contributed by atoms with van der Waals surface area (Å²) in [5, 5.41) is 9.23. The fourth-order valence-electron chi connectivity index (χ4n) is 1.77. The summed E-state index contributed by atoms with van der Waals surface area (Å²) in [6.07, 6.45) is 1.36. The van der Waals surface area contributed by atoms with E-state index in [0.717, 1.165) is 6.42 Å². The maximum atomic E-state index is 12.2. The predicted molar refractivity (Wildman–Crippen MR) is 81.3 cm³/mol. The molecule has 0 radical (unpaired) electrons. The Kier molecular flexibility index (Phi) is 6.26. The lowest BCUT2D eigenvalue weighted by atomic mass is 10.0. The van der Waals surface area contributed by atoms with E-state index in [2.05, 4.69) is 4.72 Å². The highest BCUT2D eigenvalue weighted by Gasteiger charge is 2.18. The summed E-state index contributed by atoms with van der Waals surface area (Å²) in [4.78, 5) is 0.0597. The Morgan fingerprint density at radius 1 is 1.45 bits per heavy atom. The highest BCUT2D eigenvalue weighted by atomic mass is 35.5. The van der Waals surface area contributed by atoms with Gasteiger partial charge >= 0.3 is 0 Å². The molecule has 1 aromatic carbocycles. The Morgan fingerprint density at radius 3 is 2.60 bits per heavy atom. The van der Waals surface area contributed by atoms with Crippen LogP contribution in [0.15, 0.2) is 17.0 Å². The average Bonchev–Trinajstić information content (AvgIpc) is 2.40. The second-order valence-corrected chi connectivity index (χ2v) is 6.93. The molecule has 0 aromatic heterocycles. The molecule has 0 aliphatic carbocycles. The smallest absolute Gasteiger partial charge is 0.240 e. The predicted octanol–water partition coefficient (Wildman–Crippen LogP) is 1.92.